The zero-order chi connectivity index (χ0) is 16.9. The van der Waals surface area contributed by atoms with E-state index < -0.39 is 11.9 Å². The van der Waals surface area contributed by atoms with Crippen LogP contribution in [0, 0.1) is 5.92 Å². The van der Waals surface area contributed by atoms with Crippen molar-refractivity contribution in [2.75, 3.05) is 14.2 Å². The molecule has 0 saturated carbocycles. The average molecular weight is 329 g/mol. The van der Waals surface area contributed by atoms with E-state index in [0.29, 0.717) is 11.4 Å². The smallest absolute Gasteiger partial charge is 0.268 e. The van der Waals surface area contributed by atoms with Gasteiger partial charge in [-0.2, -0.15) is 0 Å². The third kappa shape index (κ3) is 4.89. The summed E-state index contributed by atoms with van der Waals surface area (Å²) in [6.45, 7) is 3.88. The number of halogens is 1. The molecule has 0 bridgehead atoms. The number of amides is 2. The van der Waals surface area contributed by atoms with Gasteiger partial charge in [0.05, 0.1) is 12.7 Å². The van der Waals surface area contributed by atoms with Gasteiger partial charge >= 0.3 is 0 Å². The fourth-order valence-electron chi connectivity index (χ4n) is 1.93. The summed E-state index contributed by atoms with van der Waals surface area (Å²) < 4.78 is 0. The molecule has 0 saturated heterocycles. The summed E-state index contributed by atoms with van der Waals surface area (Å²) in [6, 6.07) is 3.40. The lowest BCUT2D eigenvalue weighted by Gasteiger charge is -2.24. The fourth-order valence-corrected chi connectivity index (χ4v) is 2.10. The molecule has 122 valence electrons. The number of benzene rings is 1. The quantitative estimate of drug-likeness (QED) is 0.785. The molecule has 1 aromatic rings. The summed E-state index contributed by atoms with van der Waals surface area (Å²) in [5, 5.41) is 13.8. The second kappa shape index (κ2) is 8.00. The van der Waals surface area contributed by atoms with Crippen molar-refractivity contribution in [2.45, 2.75) is 26.3 Å². The summed E-state index contributed by atoms with van der Waals surface area (Å²) in [6.07, 6.45) is 0.444. The van der Waals surface area contributed by atoms with E-state index in [0.717, 1.165) is 5.06 Å². The number of hydroxylamine groups is 2. The van der Waals surface area contributed by atoms with Gasteiger partial charge in [0.1, 0.15) is 11.8 Å². The number of rotatable bonds is 6. The predicted molar refractivity (Wildman–Crippen MR) is 83.6 cm³/mol. The van der Waals surface area contributed by atoms with Crippen LogP contribution in [0.15, 0.2) is 18.2 Å². The molecule has 0 aliphatic heterocycles. The maximum Gasteiger partial charge on any atom is 0.268 e. The van der Waals surface area contributed by atoms with Crippen molar-refractivity contribution in [2.24, 2.45) is 5.92 Å². The third-order valence-corrected chi connectivity index (χ3v) is 3.33. The van der Waals surface area contributed by atoms with Gasteiger partial charge in [0.2, 0.25) is 0 Å². The number of phenols is 1. The van der Waals surface area contributed by atoms with Crippen molar-refractivity contribution in [1.82, 2.24) is 10.4 Å². The second-order valence-corrected chi connectivity index (χ2v) is 5.77. The third-order valence-electron chi connectivity index (χ3n) is 3.10. The fraction of sp³-hybridized carbons (Fsp3) is 0.467. The van der Waals surface area contributed by atoms with Gasteiger partial charge < -0.3 is 10.4 Å². The molecule has 22 heavy (non-hydrogen) atoms. The zero-order valence-electron chi connectivity index (χ0n) is 13.1. The van der Waals surface area contributed by atoms with Crippen molar-refractivity contribution in [3.8, 4) is 5.75 Å². The van der Waals surface area contributed by atoms with Gasteiger partial charge in [0.25, 0.3) is 11.8 Å². The highest BCUT2D eigenvalue weighted by molar-refractivity contribution is 6.31. The molecule has 0 aliphatic rings. The standard InChI is InChI=1S/C15H21ClN2O4/c1-9(2)7-12(15(21)18(3)22-4)17-14(20)11-8-10(16)5-6-13(11)19/h5-6,8-9,12,19H,7H2,1-4H3,(H,17,20)/t12-/m0/s1. The van der Waals surface area contributed by atoms with Crippen LogP contribution in [0.25, 0.3) is 0 Å². The molecule has 0 aromatic heterocycles. The largest absolute Gasteiger partial charge is 0.507 e. The Hall–Kier alpha value is -1.79. The van der Waals surface area contributed by atoms with Crippen molar-refractivity contribution in [3.05, 3.63) is 28.8 Å². The highest BCUT2D eigenvalue weighted by Gasteiger charge is 2.26. The minimum atomic E-state index is -0.754. The Bertz CT molecular complexity index is 548. The van der Waals surface area contributed by atoms with E-state index in [1.54, 1.807) is 0 Å². The van der Waals surface area contributed by atoms with Gasteiger partial charge in [0, 0.05) is 12.1 Å². The lowest BCUT2D eigenvalue weighted by atomic mass is 10.0. The van der Waals surface area contributed by atoms with Crippen molar-refractivity contribution in [1.29, 1.82) is 0 Å². The van der Waals surface area contributed by atoms with Gasteiger partial charge in [-0.25, -0.2) is 5.06 Å². The first-order valence-corrected chi connectivity index (χ1v) is 7.25. The zero-order valence-corrected chi connectivity index (χ0v) is 13.8. The molecule has 6 nitrogen and oxygen atoms in total. The minimum absolute atomic E-state index is 0.0223. The number of hydrogen-bond donors (Lipinski definition) is 2. The summed E-state index contributed by atoms with van der Waals surface area (Å²) in [5.74, 6) is -0.945. The summed E-state index contributed by atoms with van der Waals surface area (Å²) >= 11 is 5.83. The lowest BCUT2D eigenvalue weighted by Crippen LogP contribution is -2.47. The first-order valence-electron chi connectivity index (χ1n) is 6.87. The molecule has 1 aromatic carbocycles. The topological polar surface area (TPSA) is 78.9 Å². The van der Waals surface area contributed by atoms with Crippen molar-refractivity contribution in [3.63, 3.8) is 0 Å². The number of likely N-dealkylation sites (N-methyl/N-ethyl adjacent to an activating group) is 1. The van der Waals surface area contributed by atoms with E-state index in [9.17, 15) is 14.7 Å². The number of phenolic OH excluding ortho intramolecular Hbond substituents is 1. The molecule has 0 fully saturated rings. The lowest BCUT2D eigenvalue weighted by molar-refractivity contribution is -0.171. The number of nitrogens with one attached hydrogen (secondary N) is 1. The van der Waals surface area contributed by atoms with Crippen LogP contribution in [-0.2, 0) is 9.63 Å². The Balaban J connectivity index is 2.95. The van der Waals surface area contributed by atoms with E-state index >= 15 is 0 Å². The summed E-state index contributed by atoms with van der Waals surface area (Å²) in [4.78, 5) is 29.4. The molecule has 7 heteroatoms. The Morgan fingerprint density at radius 2 is 2.05 bits per heavy atom. The van der Waals surface area contributed by atoms with Crippen LogP contribution < -0.4 is 5.32 Å². The average Bonchev–Trinajstić information content (AvgIpc) is 2.46. The molecule has 2 amide bonds. The Kier molecular flexibility index (Phi) is 6.64. The van der Waals surface area contributed by atoms with Crippen LogP contribution in [0.3, 0.4) is 0 Å². The molecule has 0 aliphatic carbocycles. The predicted octanol–water partition coefficient (Wildman–Crippen LogP) is 2.21. The van der Waals surface area contributed by atoms with Crippen molar-refractivity contribution < 1.29 is 19.5 Å². The molecule has 1 atom stereocenters. The molecule has 0 unspecified atom stereocenters. The molecule has 1 rings (SSSR count). The number of aromatic hydroxyl groups is 1. The first-order chi connectivity index (χ1) is 10.3. The van der Waals surface area contributed by atoms with Gasteiger partial charge in [-0.1, -0.05) is 25.4 Å². The maximum atomic E-state index is 12.3. The monoisotopic (exact) mass is 328 g/mol. The van der Waals surface area contributed by atoms with Gasteiger partial charge in [0.15, 0.2) is 0 Å². The van der Waals surface area contributed by atoms with E-state index in [1.165, 1.54) is 32.4 Å². The van der Waals surface area contributed by atoms with Crippen LogP contribution in [0.4, 0.5) is 0 Å². The van der Waals surface area contributed by atoms with Crippen LogP contribution >= 0.6 is 11.6 Å². The summed E-state index contributed by atoms with van der Waals surface area (Å²) in [7, 11) is 2.84. The first kappa shape index (κ1) is 18.3. The van der Waals surface area contributed by atoms with Gasteiger partial charge in [-0.05, 0) is 30.5 Å². The number of carbonyl (C=O) groups excluding carboxylic acids is 2. The Morgan fingerprint density at radius 3 is 2.59 bits per heavy atom. The molecule has 0 heterocycles. The van der Waals surface area contributed by atoms with E-state index in [4.69, 9.17) is 16.4 Å². The van der Waals surface area contributed by atoms with Crippen molar-refractivity contribution >= 4 is 23.4 Å². The van der Waals surface area contributed by atoms with E-state index in [1.807, 2.05) is 13.8 Å². The van der Waals surface area contributed by atoms with Crippen LogP contribution in [0.1, 0.15) is 30.6 Å². The highest BCUT2D eigenvalue weighted by atomic mass is 35.5. The van der Waals surface area contributed by atoms with E-state index in [-0.39, 0.29) is 23.1 Å². The normalized spacial score (nSPS) is 12.1. The van der Waals surface area contributed by atoms with E-state index in [2.05, 4.69) is 5.32 Å². The van der Waals surface area contributed by atoms with Crippen LogP contribution in [0.2, 0.25) is 5.02 Å². The molecular weight excluding hydrogens is 308 g/mol. The SMILES string of the molecule is CON(C)C(=O)[C@H](CC(C)C)NC(=O)c1cc(Cl)ccc1O. The number of carbonyl (C=O) groups is 2. The Labute approximate surface area is 135 Å². The number of hydrogen-bond acceptors (Lipinski definition) is 4. The molecule has 0 radical (unpaired) electrons. The molecule has 2 N–H and O–H groups in total. The van der Waals surface area contributed by atoms with Gasteiger partial charge in [-0.15, -0.1) is 0 Å². The highest BCUT2D eigenvalue weighted by Crippen LogP contribution is 2.21. The summed E-state index contributed by atoms with van der Waals surface area (Å²) in [5.41, 5.74) is 0.0223. The maximum absolute atomic E-state index is 12.3. The molecular formula is C15H21ClN2O4. The number of nitrogens with zero attached hydrogens (tertiary/aromatic N) is 1. The van der Waals surface area contributed by atoms with Crippen LogP contribution in [0.5, 0.6) is 5.75 Å². The Morgan fingerprint density at radius 1 is 1.41 bits per heavy atom. The minimum Gasteiger partial charge on any atom is -0.507 e. The second-order valence-electron chi connectivity index (χ2n) is 5.34. The molecule has 0 spiro atoms. The van der Waals surface area contributed by atoms with Crippen LogP contribution in [-0.4, -0.2) is 42.2 Å². The van der Waals surface area contributed by atoms with Gasteiger partial charge in [-0.3, -0.25) is 14.4 Å².